The van der Waals surface area contributed by atoms with Crippen molar-refractivity contribution in [3.63, 3.8) is 0 Å². The number of primary amides is 1. The molecule has 0 saturated heterocycles. The van der Waals surface area contributed by atoms with Crippen LogP contribution >= 0.6 is 0 Å². The van der Waals surface area contributed by atoms with Gasteiger partial charge in [0.25, 0.3) is 0 Å². The predicted molar refractivity (Wildman–Crippen MR) is 67.5 cm³/mol. The van der Waals surface area contributed by atoms with Gasteiger partial charge in [-0.25, -0.2) is 4.39 Å². The van der Waals surface area contributed by atoms with E-state index in [1.165, 1.54) is 6.07 Å². The van der Waals surface area contributed by atoms with Crippen molar-refractivity contribution in [1.29, 1.82) is 0 Å². The smallest absolute Gasteiger partial charge is 0.217 e. The minimum Gasteiger partial charge on any atom is -0.508 e. The Bertz CT molecular complexity index is 410. The maximum absolute atomic E-state index is 12.8. The molecule has 0 aliphatic carbocycles. The molecule has 1 atom stereocenters. The fourth-order valence-corrected chi connectivity index (χ4v) is 1.74. The Balaban J connectivity index is 2.36. The van der Waals surface area contributed by atoms with Crippen LogP contribution in [0.3, 0.4) is 0 Å². The molecule has 1 amide bonds. The van der Waals surface area contributed by atoms with Gasteiger partial charge in [-0.3, -0.25) is 4.79 Å². The van der Waals surface area contributed by atoms with E-state index in [0.717, 1.165) is 18.9 Å². The molecule has 18 heavy (non-hydrogen) atoms. The van der Waals surface area contributed by atoms with Crippen molar-refractivity contribution in [2.24, 2.45) is 5.73 Å². The minimum atomic E-state index is -0.454. The third-order valence-corrected chi connectivity index (χ3v) is 2.76. The van der Waals surface area contributed by atoms with Gasteiger partial charge in [-0.1, -0.05) is 6.07 Å². The van der Waals surface area contributed by atoms with Crippen LogP contribution in [0.2, 0.25) is 0 Å². The largest absolute Gasteiger partial charge is 0.508 e. The SMILES string of the molecule is CC(NCCCCC(N)=O)c1ccc(F)cc1O. The van der Waals surface area contributed by atoms with Crippen LogP contribution in [-0.4, -0.2) is 17.6 Å². The number of hydrogen-bond acceptors (Lipinski definition) is 3. The van der Waals surface area contributed by atoms with E-state index in [1.54, 1.807) is 6.07 Å². The van der Waals surface area contributed by atoms with Crippen LogP contribution in [0.1, 0.15) is 37.8 Å². The Labute approximate surface area is 106 Å². The number of rotatable bonds is 7. The molecule has 1 unspecified atom stereocenters. The van der Waals surface area contributed by atoms with Gasteiger partial charge in [-0.15, -0.1) is 0 Å². The number of halogens is 1. The Morgan fingerprint density at radius 3 is 2.83 bits per heavy atom. The molecule has 0 fully saturated rings. The van der Waals surface area contributed by atoms with Crippen LogP contribution in [0.4, 0.5) is 4.39 Å². The molecule has 0 heterocycles. The number of carbonyl (C=O) groups excluding carboxylic acids is 1. The highest BCUT2D eigenvalue weighted by Crippen LogP contribution is 2.24. The molecule has 0 aromatic heterocycles. The predicted octanol–water partition coefficient (Wildman–Crippen LogP) is 1.84. The average Bonchev–Trinajstić information content (AvgIpc) is 2.27. The van der Waals surface area contributed by atoms with E-state index in [1.807, 2.05) is 6.92 Å². The zero-order valence-corrected chi connectivity index (χ0v) is 10.4. The first kappa shape index (κ1) is 14.4. The Morgan fingerprint density at radius 2 is 2.22 bits per heavy atom. The molecule has 4 N–H and O–H groups in total. The summed E-state index contributed by atoms with van der Waals surface area (Å²) < 4.78 is 12.8. The first-order valence-corrected chi connectivity index (χ1v) is 6.01. The van der Waals surface area contributed by atoms with Crippen molar-refractivity contribution in [3.8, 4) is 5.75 Å². The van der Waals surface area contributed by atoms with E-state index in [0.29, 0.717) is 18.5 Å². The molecule has 1 aromatic carbocycles. The molecular weight excluding hydrogens is 235 g/mol. The first-order valence-electron chi connectivity index (χ1n) is 6.01. The molecular formula is C13H19FN2O2. The average molecular weight is 254 g/mol. The van der Waals surface area contributed by atoms with Gasteiger partial charge in [0, 0.05) is 24.1 Å². The van der Waals surface area contributed by atoms with Crippen molar-refractivity contribution in [2.45, 2.75) is 32.2 Å². The quantitative estimate of drug-likeness (QED) is 0.650. The Kier molecular flexibility index (Phi) is 5.58. The summed E-state index contributed by atoms with van der Waals surface area (Å²) in [5.74, 6) is -0.795. The Hall–Kier alpha value is -1.62. The lowest BCUT2D eigenvalue weighted by Crippen LogP contribution is -2.20. The van der Waals surface area contributed by atoms with Crippen LogP contribution in [-0.2, 0) is 4.79 Å². The number of amides is 1. The van der Waals surface area contributed by atoms with Crippen molar-refractivity contribution >= 4 is 5.91 Å². The van der Waals surface area contributed by atoms with Crippen molar-refractivity contribution in [1.82, 2.24) is 5.32 Å². The van der Waals surface area contributed by atoms with Gasteiger partial charge in [0.15, 0.2) is 0 Å². The topological polar surface area (TPSA) is 75.3 Å². The van der Waals surface area contributed by atoms with E-state index in [2.05, 4.69) is 5.32 Å². The molecule has 100 valence electrons. The second-order valence-electron chi connectivity index (χ2n) is 4.30. The third-order valence-electron chi connectivity index (χ3n) is 2.76. The normalized spacial score (nSPS) is 12.3. The number of nitrogens with two attached hydrogens (primary N) is 1. The van der Waals surface area contributed by atoms with Gasteiger partial charge in [0.1, 0.15) is 11.6 Å². The lowest BCUT2D eigenvalue weighted by atomic mass is 10.1. The van der Waals surface area contributed by atoms with Gasteiger partial charge in [-0.05, 0) is 32.4 Å². The molecule has 4 nitrogen and oxygen atoms in total. The summed E-state index contributed by atoms with van der Waals surface area (Å²) in [5, 5.41) is 12.8. The summed E-state index contributed by atoms with van der Waals surface area (Å²) in [6, 6.07) is 3.91. The summed E-state index contributed by atoms with van der Waals surface area (Å²) in [6.45, 7) is 2.60. The number of hydrogen-bond donors (Lipinski definition) is 3. The van der Waals surface area contributed by atoms with E-state index < -0.39 is 5.82 Å². The first-order chi connectivity index (χ1) is 8.50. The molecule has 0 saturated carbocycles. The van der Waals surface area contributed by atoms with Crippen LogP contribution in [0.25, 0.3) is 0 Å². The molecule has 1 rings (SSSR count). The fraction of sp³-hybridized carbons (Fsp3) is 0.462. The lowest BCUT2D eigenvalue weighted by molar-refractivity contribution is -0.118. The van der Waals surface area contributed by atoms with Crippen LogP contribution in [0.5, 0.6) is 5.75 Å². The molecule has 0 bridgehead atoms. The molecule has 0 radical (unpaired) electrons. The summed E-state index contributed by atoms with van der Waals surface area (Å²) in [6.07, 6.45) is 1.96. The van der Waals surface area contributed by atoms with Crippen molar-refractivity contribution in [3.05, 3.63) is 29.6 Å². The van der Waals surface area contributed by atoms with Crippen LogP contribution < -0.4 is 11.1 Å². The zero-order valence-electron chi connectivity index (χ0n) is 10.4. The summed E-state index contributed by atoms with van der Waals surface area (Å²) in [4.78, 5) is 10.5. The molecule has 1 aromatic rings. The zero-order chi connectivity index (χ0) is 13.5. The van der Waals surface area contributed by atoms with E-state index in [-0.39, 0.29) is 17.7 Å². The maximum atomic E-state index is 12.8. The van der Waals surface area contributed by atoms with E-state index in [9.17, 15) is 14.3 Å². The second-order valence-corrected chi connectivity index (χ2v) is 4.30. The standard InChI is InChI=1S/C13H19FN2O2/c1-9(16-7-3-2-4-13(15)18)11-6-5-10(14)8-12(11)17/h5-6,8-9,16-17H,2-4,7H2,1H3,(H2,15,18). The molecule has 0 spiro atoms. The highest BCUT2D eigenvalue weighted by molar-refractivity contribution is 5.73. The number of unbranched alkanes of at least 4 members (excludes halogenated alkanes) is 1. The van der Waals surface area contributed by atoms with Crippen molar-refractivity contribution < 1.29 is 14.3 Å². The van der Waals surface area contributed by atoms with Gasteiger partial charge < -0.3 is 16.2 Å². The lowest BCUT2D eigenvalue weighted by Gasteiger charge is -2.15. The highest BCUT2D eigenvalue weighted by Gasteiger charge is 2.10. The molecule has 0 aliphatic heterocycles. The van der Waals surface area contributed by atoms with Gasteiger partial charge >= 0.3 is 0 Å². The van der Waals surface area contributed by atoms with Gasteiger partial charge in [0.2, 0.25) is 5.91 Å². The van der Waals surface area contributed by atoms with Gasteiger partial charge in [0.05, 0.1) is 0 Å². The number of phenols is 1. The maximum Gasteiger partial charge on any atom is 0.217 e. The number of phenolic OH excluding ortho intramolecular Hbond substituents is 1. The summed E-state index contributed by atoms with van der Waals surface area (Å²) in [7, 11) is 0. The third kappa shape index (κ3) is 4.71. The second kappa shape index (κ2) is 6.96. The molecule has 0 aliphatic rings. The molecule has 5 heteroatoms. The van der Waals surface area contributed by atoms with Crippen LogP contribution in [0.15, 0.2) is 18.2 Å². The highest BCUT2D eigenvalue weighted by atomic mass is 19.1. The van der Waals surface area contributed by atoms with Gasteiger partial charge in [-0.2, -0.15) is 0 Å². The summed E-state index contributed by atoms with van der Waals surface area (Å²) in [5.41, 5.74) is 5.69. The van der Waals surface area contributed by atoms with Crippen molar-refractivity contribution in [2.75, 3.05) is 6.54 Å². The minimum absolute atomic E-state index is 0.0489. The summed E-state index contributed by atoms with van der Waals surface area (Å²) >= 11 is 0. The number of carbonyl (C=O) groups is 1. The van der Waals surface area contributed by atoms with Crippen LogP contribution in [0, 0.1) is 5.82 Å². The fourth-order valence-electron chi connectivity index (χ4n) is 1.74. The number of nitrogens with one attached hydrogen (secondary N) is 1. The van der Waals surface area contributed by atoms with E-state index in [4.69, 9.17) is 5.73 Å². The Morgan fingerprint density at radius 1 is 1.50 bits per heavy atom. The number of benzene rings is 1. The van der Waals surface area contributed by atoms with E-state index >= 15 is 0 Å². The monoisotopic (exact) mass is 254 g/mol. The number of aromatic hydroxyl groups is 1.